The number of hydrogen-bond acceptors (Lipinski definition) is 8. The van der Waals surface area contributed by atoms with Gasteiger partial charge in [0.15, 0.2) is 11.6 Å². The number of piperidine rings is 1. The number of nitrogens with one attached hydrogen (secondary N) is 1. The third kappa shape index (κ3) is 4.32. The van der Waals surface area contributed by atoms with Crippen LogP contribution in [0.3, 0.4) is 0 Å². The zero-order valence-electron chi connectivity index (χ0n) is 19.6. The van der Waals surface area contributed by atoms with Crippen LogP contribution in [0.25, 0.3) is 22.4 Å². The fourth-order valence-corrected chi connectivity index (χ4v) is 4.89. The molecule has 0 unspecified atom stereocenters. The van der Waals surface area contributed by atoms with E-state index in [0.29, 0.717) is 54.5 Å². The number of alkyl halides is 1. The van der Waals surface area contributed by atoms with Crippen molar-refractivity contribution >= 4 is 16.7 Å². The fourth-order valence-electron chi connectivity index (χ4n) is 4.89. The van der Waals surface area contributed by atoms with Crippen LogP contribution in [0.15, 0.2) is 16.7 Å². The van der Waals surface area contributed by atoms with Crippen molar-refractivity contribution in [3.05, 3.63) is 29.3 Å². The monoisotopic (exact) mass is 473 g/mol. The Kier molecular flexibility index (Phi) is 6.35. The lowest BCUT2D eigenvalue weighted by Gasteiger charge is -2.39. The number of methoxy groups -OCH3 is 1. The number of fused-ring (bicyclic) bond motifs is 1. The molecule has 10 heteroatoms. The van der Waals surface area contributed by atoms with Gasteiger partial charge in [0.2, 0.25) is 0 Å². The van der Waals surface area contributed by atoms with Gasteiger partial charge in [-0.25, -0.2) is 13.8 Å². The number of hydrogen-bond donors (Lipinski definition) is 1. The number of halogens is 2. The Labute approximate surface area is 196 Å². The molecule has 0 radical (unpaired) electrons. The Hall–Kier alpha value is -2.85. The second kappa shape index (κ2) is 9.42. The van der Waals surface area contributed by atoms with E-state index in [-0.39, 0.29) is 30.0 Å². The molecular formula is C24H29F2N5O3. The molecule has 2 saturated heterocycles. The molecule has 1 N–H and O–H groups in total. The molecule has 0 spiro atoms. The quantitative estimate of drug-likeness (QED) is 0.600. The molecule has 2 fully saturated rings. The van der Waals surface area contributed by atoms with Crippen molar-refractivity contribution in [1.29, 1.82) is 0 Å². The normalized spacial score (nSPS) is 21.9. The summed E-state index contributed by atoms with van der Waals surface area (Å²) in [5.74, 6) is 1.09. The van der Waals surface area contributed by atoms with E-state index in [1.807, 2.05) is 11.8 Å². The zero-order chi connectivity index (χ0) is 23.8. The van der Waals surface area contributed by atoms with Gasteiger partial charge in [-0.2, -0.15) is 4.98 Å². The van der Waals surface area contributed by atoms with Crippen molar-refractivity contribution in [3.8, 4) is 17.2 Å². The molecule has 34 heavy (non-hydrogen) atoms. The molecule has 1 aromatic carbocycles. The highest BCUT2D eigenvalue weighted by Gasteiger charge is 2.34. The van der Waals surface area contributed by atoms with Crippen molar-refractivity contribution < 1.29 is 22.8 Å². The van der Waals surface area contributed by atoms with Crippen LogP contribution in [0.4, 0.5) is 14.6 Å². The minimum absolute atomic E-state index is 0.136. The average Bonchev–Trinajstić information content (AvgIpc) is 3.27. The van der Waals surface area contributed by atoms with Gasteiger partial charge >= 0.3 is 0 Å². The van der Waals surface area contributed by atoms with Crippen molar-refractivity contribution in [1.82, 2.24) is 20.4 Å². The van der Waals surface area contributed by atoms with Gasteiger partial charge in [0.1, 0.15) is 23.3 Å². The summed E-state index contributed by atoms with van der Waals surface area (Å²) in [6.45, 7) is 5.69. The summed E-state index contributed by atoms with van der Waals surface area (Å²) in [5, 5.41) is 7.98. The summed E-state index contributed by atoms with van der Waals surface area (Å²) in [6, 6.07) is 3.07. The molecule has 0 amide bonds. The lowest BCUT2D eigenvalue weighted by Crippen LogP contribution is -2.54. The van der Waals surface area contributed by atoms with Crippen LogP contribution >= 0.6 is 0 Å². The third-order valence-electron chi connectivity index (χ3n) is 6.75. The van der Waals surface area contributed by atoms with Crippen LogP contribution in [0.5, 0.6) is 5.75 Å². The van der Waals surface area contributed by atoms with Gasteiger partial charge < -0.3 is 24.2 Å². The van der Waals surface area contributed by atoms with Crippen LogP contribution in [0.2, 0.25) is 0 Å². The Morgan fingerprint density at radius 2 is 1.94 bits per heavy atom. The van der Waals surface area contributed by atoms with Gasteiger partial charge in [-0.05, 0) is 44.7 Å². The van der Waals surface area contributed by atoms with E-state index >= 15 is 4.39 Å². The first-order valence-corrected chi connectivity index (χ1v) is 11.7. The number of aromatic nitrogens is 3. The van der Waals surface area contributed by atoms with Crippen LogP contribution in [-0.4, -0.2) is 66.8 Å². The second-order valence-electron chi connectivity index (χ2n) is 9.00. The fraction of sp³-hybridized carbons (Fsp3) is 0.542. The summed E-state index contributed by atoms with van der Waals surface area (Å²) in [4.78, 5) is 10.9. The van der Waals surface area contributed by atoms with Gasteiger partial charge in [-0.15, -0.1) is 0 Å². The largest absolute Gasteiger partial charge is 0.497 e. The van der Waals surface area contributed by atoms with E-state index in [9.17, 15) is 4.39 Å². The molecule has 0 aliphatic carbocycles. The van der Waals surface area contributed by atoms with Gasteiger partial charge in [0.05, 0.1) is 19.2 Å². The van der Waals surface area contributed by atoms with E-state index in [1.54, 1.807) is 13.0 Å². The predicted octanol–water partition coefficient (Wildman–Crippen LogP) is 3.73. The SMILES string of the molecule is COc1cc(F)c2nc(N3CC[C@H](NC4CCOCC4)[C@@H](F)C3)c(-c3nc(C)no3)c(C)c2c1. The minimum Gasteiger partial charge on any atom is -0.497 e. The lowest BCUT2D eigenvalue weighted by atomic mass is 9.98. The molecule has 5 rings (SSSR count). The van der Waals surface area contributed by atoms with Gasteiger partial charge in [-0.3, -0.25) is 0 Å². The maximum atomic E-state index is 15.4. The maximum Gasteiger partial charge on any atom is 0.261 e. The molecule has 8 nitrogen and oxygen atoms in total. The predicted molar refractivity (Wildman–Crippen MR) is 124 cm³/mol. The number of rotatable bonds is 5. The standard InChI is InChI=1S/C24H29F2N5O3/c1-13-17-10-16(32-3)11-18(25)22(17)29-23(21(13)24-27-14(2)30-34-24)31-7-4-20(19(26)12-31)28-15-5-8-33-9-6-15/h10-11,15,19-20,28H,4-9,12H2,1-3H3/t19-,20-/m0/s1. The first kappa shape index (κ1) is 22.9. The first-order valence-electron chi connectivity index (χ1n) is 11.7. The molecule has 3 aromatic rings. The summed E-state index contributed by atoms with van der Waals surface area (Å²) >= 11 is 0. The van der Waals surface area contributed by atoms with E-state index in [4.69, 9.17) is 14.0 Å². The Morgan fingerprint density at radius 3 is 2.62 bits per heavy atom. The number of pyridine rings is 1. The number of ether oxygens (including phenoxy) is 2. The topological polar surface area (TPSA) is 85.5 Å². The highest BCUT2D eigenvalue weighted by atomic mass is 19.1. The van der Waals surface area contributed by atoms with Crippen LogP contribution in [0, 0.1) is 19.7 Å². The lowest BCUT2D eigenvalue weighted by molar-refractivity contribution is 0.0684. The van der Waals surface area contributed by atoms with Crippen molar-refractivity contribution in [3.63, 3.8) is 0 Å². The second-order valence-corrected chi connectivity index (χ2v) is 9.00. The number of benzene rings is 1. The number of nitrogens with zero attached hydrogens (tertiary/aromatic N) is 4. The summed E-state index contributed by atoms with van der Waals surface area (Å²) < 4.78 is 46.5. The third-order valence-corrected chi connectivity index (χ3v) is 6.75. The van der Waals surface area contributed by atoms with Crippen LogP contribution in [-0.2, 0) is 4.74 Å². The smallest absolute Gasteiger partial charge is 0.261 e. The number of aryl methyl sites for hydroxylation is 2. The Bertz CT molecular complexity index is 1180. The highest BCUT2D eigenvalue weighted by molar-refractivity contribution is 5.93. The number of anilines is 1. The Balaban J connectivity index is 1.51. The highest BCUT2D eigenvalue weighted by Crippen LogP contribution is 2.39. The van der Waals surface area contributed by atoms with Crippen LogP contribution in [0.1, 0.15) is 30.7 Å². The minimum atomic E-state index is -1.10. The maximum absolute atomic E-state index is 15.4. The van der Waals surface area contributed by atoms with E-state index in [0.717, 1.165) is 18.4 Å². The molecule has 2 atom stereocenters. The Morgan fingerprint density at radius 1 is 1.15 bits per heavy atom. The van der Waals surface area contributed by atoms with Gasteiger partial charge in [0.25, 0.3) is 5.89 Å². The molecule has 2 aliphatic rings. The molecule has 182 valence electrons. The van der Waals surface area contributed by atoms with E-state index < -0.39 is 12.0 Å². The summed E-state index contributed by atoms with van der Waals surface area (Å²) in [6.07, 6.45) is 1.28. The molecule has 2 aromatic heterocycles. The van der Waals surface area contributed by atoms with E-state index in [2.05, 4.69) is 20.4 Å². The van der Waals surface area contributed by atoms with Gasteiger partial charge in [0, 0.05) is 43.3 Å². The van der Waals surface area contributed by atoms with E-state index in [1.165, 1.54) is 13.2 Å². The van der Waals surface area contributed by atoms with Crippen molar-refractivity contribution in [2.24, 2.45) is 0 Å². The van der Waals surface area contributed by atoms with Crippen molar-refractivity contribution in [2.75, 3.05) is 38.3 Å². The molecule has 2 aliphatic heterocycles. The van der Waals surface area contributed by atoms with Crippen molar-refractivity contribution in [2.45, 2.75) is 51.4 Å². The summed E-state index contributed by atoms with van der Waals surface area (Å²) in [5.41, 5.74) is 1.51. The zero-order valence-corrected chi connectivity index (χ0v) is 19.6. The summed E-state index contributed by atoms with van der Waals surface area (Å²) in [7, 11) is 1.49. The van der Waals surface area contributed by atoms with Crippen LogP contribution < -0.4 is 15.0 Å². The average molecular weight is 474 g/mol. The first-order chi connectivity index (χ1) is 16.4. The molecule has 0 bridgehead atoms. The molecule has 4 heterocycles. The molecule has 0 saturated carbocycles. The molecular weight excluding hydrogens is 444 g/mol. The van der Waals surface area contributed by atoms with Gasteiger partial charge in [-0.1, -0.05) is 5.16 Å².